The fraction of sp³-hybridized carbons (Fsp3) is 0.333. The minimum absolute atomic E-state index is 0.0643. The molecule has 7 nitrogen and oxygen atoms in total. The van der Waals surface area contributed by atoms with Gasteiger partial charge in [0, 0.05) is 12.7 Å². The third-order valence-corrected chi connectivity index (χ3v) is 7.13. The van der Waals surface area contributed by atoms with Gasteiger partial charge in [0.1, 0.15) is 5.75 Å². The van der Waals surface area contributed by atoms with E-state index >= 15 is 0 Å². The van der Waals surface area contributed by atoms with E-state index in [0.717, 1.165) is 10.6 Å². The van der Waals surface area contributed by atoms with E-state index in [2.05, 4.69) is 4.72 Å². The van der Waals surface area contributed by atoms with Crippen LogP contribution in [-0.4, -0.2) is 37.2 Å². The van der Waals surface area contributed by atoms with E-state index in [1.165, 1.54) is 14.2 Å². The van der Waals surface area contributed by atoms with Crippen molar-refractivity contribution in [2.75, 3.05) is 29.4 Å². The van der Waals surface area contributed by atoms with E-state index < -0.39 is 20.0 Å². The highest BCUT2D eigenvalue weighted by Gasteiger charge is 2.26. The quantitative estimate of drug-likeness (QED) is 0.788. The van der Waals surface area contributed by atoms with Crippen LogP contribution in [0.4, 0.5) is 11.4 Å². The second-order valence-electron chi connectivity index (χ2n) is 6.38. The van der Waals surface area contributed by atoms with E-state index in [-0.39, 0.29) is 4.90 Å². The number of aryl methyl sites for hydroxylation is 2. The third-order valence-electron chi connectivity index (χ3n) is 4.28. The highest BCUT2D eigenvalue weighted by molar-refractivity contribution is 7.93. The normalized spacial score (nSPS) is 11.9. The average Bonchev–Trinajstić information content (AvgIpc) is 2.53. The molecule has 0 spiro atoms. The van der Waals surface area contributed by atoms with E-state index in [4.69, 9.17) is 4.74 Å². The van der Waals surface area contributed by atoms with Crippen molar-refractivity contribution in [3.05, 3.63) is 47.0 Å². The van der Waals surface area contributed by atoms with Crippen molar-refractivity contribution in [2.45, 2.75) is 25.7 Å². The summed E-state index contributed by atoms with van der Waals surface area (Å²) >= 11 is 0. The second kappa shape index (κ2) is 7.40. The lowest BCUT2D eigenvalue weighted by atomic mass is 10.1. The highest BCUT2D eigenvalue weighted by Crippen LogP contribution is 2.34. The monoisotopic (exact) mass is 412 g/mol. The molecule has 0 radical (unpaired) electrons. The molecule has 0 atom stereocenters. The molecule has 2 aromatic carbocycles. The summed E-state index contributed by atoms with van der Waals surface area (Å²) in [6.45, 7) is 5.05. The van der Waals surface area contributed by atoms with Gasteiger partial charge in [-0.1, -0.05) is 6.07 Å². The number of rotatable bonds is 6. The molecule has 0 saturated carbocycles. The van der Waals surface area contributed by atoms with Crippen LogP contribution in [0, 0.1) is 20.8 Å². The zero-order chi connectivity index (χ0) is 20.6. The maximum atomic E-state index is 13.0. The molecule has 1 N–H and O–H groups in total. The van der Waals surface area contributed by atoms with Crippen LogP contribution in [0.5, 0.6) is 5.75 Å². The van der Waals surface area contributed by atoms with Gasteiger partial charge >= 0.3 is 0 Å². The number of hydrogen-bond acceptors (Lipinski definition) is 5. The minimum Gasteiger partial charge on any atom is -0.497 e. The number of anilines is 2. The summed E-state index contributed by atoms with van der Waals surface area (Å²) in [6.07, 6.45) is 1.08. The molecule has 0 unspecified atom stereocenters. The van der Waals surface area contributed by atoms with Crippen LogP contribution in [0.1, 0.15) is 16.7 Å². The second-order valence-corrected chi connectivity index (χ2v) is 10.0. The van der Waals surface area contributed by atoms with Crippen LogP contribution in [0.2, 0.25) is 0 Å². The molecule has 0 fully saturated rings. The predicted molar refractivity (Wildman–Crippen MR) is 108 cm³/mol. The summed E-state index contributed by atoms with van der Waals surface area (Å²) in [5, 5.41) is 0. The molecule has 27 heavy (non-hydrogen) atoms. The van der Waals surface area contributed by atoms with Crippen LogP contribution in [0.25, 0.3) is 0 Å². The Morgan fingerprint density at radius 3 is 2.00 bits per heavy atom. The van der Waals surface area contributed by atoms with Crippen molar-refractivity contribution in [2.24, 2.45) is 0 Å². The fourth-order valence-electron chi connectivity index (χ4n) is 3.09. The van der Waals surface area contributed by atoms with E-state index in [9.17, 15) is 16.8 Å². The van der Waals surface area contributed by atoms with Crippen molar-refractivity contribution in [1.82, 2.24) is 0 Å². The number of nitrogens with one attached hydrogen (secondary N) is 1. The first-order chi connectivity index (χ1) is 12.4. The Hall–Kier alpha value is -2.26. The maximum Gasteiger partial charge on any atom is 0.262 e. The number of sulfonamides is 2. The van der Waals surface area contributed by atoms with E-state index in [1.807, 2.05) is 0 Å². The van der Waals surface area contributed by atoms with Gasteiger partial charge in [-0.25, -0.2) is 16.8 Å². The Morgan fingerprint density at radius 1 is 0.963 bits per heavy atom. The summed E-state index contributed by atoms with van der Waals surface area (Å²) in [5.74, 6) is 0.609. The van der Waals surface area contributed by atoms with E-state index in [0.29, 0.717) is 33.8 Å². The SMILES string of the molecule is COc1ccc(NS(=O)(=O)c2c(C)cc(C)c(N(C)S(C)(=O)=O)c2C)cc1. The Balaban J connectivity index is 2.59. The van der Waals surface area contributed by atoms with Crippen molar-refractivity contribution in [1.29, 1.82) is 0 Å². The first kappa shape index (κ1) is 21.0. The summed E-state index contributed by atoms with van der Waals surface area (Å²) in [5.41, 5.74) is 2.34. The zero-order valence-electron chi connectivity index (χ0n) is 16.2. The van der Waals surface area contributed by atoms with Gasteiger partial charge in [-0.2, -0.15) is 0 Å². The first-order valence-corrected chi connectivity index (χ1v) is 11.4. The molecule has 0 aliphatic rings. The van der Waals surface area contributed by atoms with Gasteiger partial charge in [-0.15, -0.1) is 0 Å². The largest absolute Gasteiger partial charge is 0.497 e. The Bertz CT molecular complexity index is 1060. The van der Waals surface area contributed by atoms with Crippen LogP contribution in [-0.2, 0) is 20.0 Å². The fourth-order valence-corrected chi connectivity index (χ4v) is 5.23. The minimum atomic E-state index is -3.92. The highest BCUT2D eigenvalue weighted by atomic mass is 32.2. The molecule has 9 heteroatoms. The maximum absolute atomic E-state index is 13.0. The predicted octanol–water partition coefficient (Wildman–Crippen LogP) is 2.82. The molecule has 0 amide bonds. The molecular formula is C18H24N2O5S2. The third kappa shape index (κ3) is 4.36. The molecule has 2 aromatic rings. The van der Waals surface area contributed by atoms with Gasteiger partial charge in [0.25, 0.3) is 10.0 Å². The molecule has 0 bridgehead atoms. The van der Waals surface area contributed by atoms with Crippen LogP contribution >= 0.6 is 0 Å². The number of hydrogen-bond donors (Lipinski definition) is 1. The Labute approximate surface area is 161 Å². The average molecular weight is 413 g/mol. The first-order valence-electron chi connectivity index (χ1n) is 8.10. The molecule has 2 rings (SSSR count). The lowest BCUT2D eigenvalue weighted by molar-refractivity contribution is 0.415. The molecule has 0 aromatic heterocycles. The molecule has 0 aliphatic carbocycles. The van der Waals surface area contributed by atoms with E-state index in [1.54, 1.807) is 51.1 Å². The topological polar surface area (TPSA) is 92.8 Å². The molecular weight excluding hydrogens is 388 g/mol. The summed E-state index contributed by atoms with van der Waals surface area (Å²) in [6, 6.07) is 8.16. The zero-order valence-corrected chi connectivity index (χ0v) is 17.8. The van der Waals surface area contributed by atoms with Crippen molar-refractivity contribution < 1.29 is 21.6 Å². The summed E-state index contributed by atoms with van der Waals surface area (Å²) in [4.78, 5) is 0.0643. The van der Waals surface area contributed by atoms with Gasteiger partial charge in [-0.3, -0.25) is 9.03 Å². The van der Waals surface area contributed by atoms with Gasteiger partial charge in [0.15, 0.2) is 0 Å². The lowest BCUT2D eigenvalue weighted by Crippen LogP contribution is -2.27. The smallest absolute Gasteiger partial charge is 0.262 e. The van der Waals surface area contributed by atoms with Gasteiger partial charge in [0.2, 0.25) is 10.0 Å². The number of nitrogens with zero attached hydrogens (tertiary/aromatic N) is 1. The van der Waals surface area contributed by atoms with Crippen LogP contribution in [0.15, 0.2) is 35.2 Å². The van der Waals surface area contributed by atoms with Gasteiger partial charge in [0.05, 0.1) is 23.9 Å². The molecule has 0 saturated heterocycles. The Morgan fingerprint density at radius 2 is 1.52 bits per heavy atom. The van der Waals surface area contributed by atoms with Gasteiger partial charge < -0.3 is 4.74 Å². The molecule has 148 valence electrons. The van der Waals surface area contributed by atoms with Crippen molar-refractivity contribution >= 4 is 31.4 Å². The number of ether oxygens (including phenoxy) is 1. The summed E-state index contributed by atoms with van der Waals surface area (Å²) < 4.78 is 58.7. The van der Waals surface area contributed by atoms with Crippen LogP contribution in [0.3, 0.4) is 0 Å². The van der Waals surface area contributed by atoms with Crippen molar-refractivity contribution in [3.8, 4) is 5.75 Å². The van der Waals surface area contributed by atoms with Crippen LogP contribution < -0.4 is 13.8 Å². The Kier molecular flexibility index (Phi) is 5.77. The van der Waals surface area contributed by atoms with Crippen molar-refractivity contribution in [3.63, 3.8) is 0 Å². The van der Waals surface area contributed by atoms with Gasteiger partial charge in [-0.05, 0) is 61.7 Å². The molecule has 0 aliphatic heterocycles. The number of benzene rings is 2. The number of methoxy groups -OCH3 is 1. The lowest BCUT2D eigenvalue weighted by Gasteiger charge is -2.24. The summed E-state index contributed by atoms with van der Waals surface area (Å²) in [7, 11) is -4.53. The molecule has 0 heterocycles. The standard InChI is InChI=1S/C18H24N2O5S2/c1-12-11-13(2)18(14(3)17(12)20(4)26(6,21)22)27(23,24)19-15-7-9-16(25-5)10-8-15/h7-11,19H,1-6H3.